The maximum atomic E-state index is 12.4. The van der Waals surface area contributed by atoms with Gasteiger partial charge in [0.1, 0.15) is 12.4 Å². The van der Waals surface area contributed by atoms with Crippen LogP contribution < -0.4 is 10.1 Å². The minimum Gasteiger partial charge on any atom is -0.489 e. The van der Waals surface area contributed by atoms with Gasteiger partial charge in [0, 0.05) is 12.5 Å². The molecule has 5 heteroatoms. The molecule has 1 N–H and O–H groups in total. The fourth-order valence-corrected chi connectivity index (χ4v) is 4.43. The van der Waals surface area contributed by atoms with Gasteiger partial charge in [0.05, 0.1) is 17.7 Å². The Morgan fingerprint density at radius 1 is 0.969 bits per heavy atom. The normalized spacial score (nSPS) is 16.7. The van der Waals surface area contributed by atoms with Crippen molar-refractivity contribution >= 4 is 11.9 Å². The van der Waals surface area contributed by atoms with Crippen molar-refractivity contribution in [3.8, 4) is 5.75 Å². The lowest BCUT2D eigenvalue weighted by molar-refractivity contribution is -0.120. The summed E-state index contributed by atoms with van der Waals surface area (Å²) in [6.07, 6.45) is 1.34. The number of ether oxygens (including phenoxy) is 2. The number of fused-ring (bicyclic) bond motifs is 2. The molecular weight excluding hydrogens is 402 g/mol. The highest BCUT2D eigenvalue weighted by atomic mass is 16.5. The maximum absolute atomic E-state index is 12.4. The highest BCUT2D eigenvalue weighted by Gasteiger charge is 2.40. The number of rotatable bonds is 6. The Labute approximate surface area is 188 Å². The lowest BCUT2D eigenvalue weighted by atomic mass is 9.76. The van der Waals surface area contributed by atoms with Gasteiger partial charge in [-0.05, 0) is 54.7 Å². The quantitative estimate of drug-likeness (QED) is 0.574. The van der Waals surface area contributed by atoms with Crippen molar-refractivity contribution in [2.45, 2.75) is 38.8 Å². The molecule has 5 nitrogen and oxygen atoms in total. The van der Waals surface area contributed by atoms with Gasteiger partial charge in [-0.3, -0.25) is 4.79 Å². The van der Waals surface area contributed by atoms with Gasteiger partial charge in [-0.1, -0.05) is 54.6 Å². The first kappa shape index (κ1) is 21.6. The molecule has 0 radical (unpaired) electrons. The Morgan fingerprint density at radius 3 is 2.38 bits per heavy atom. The monoisotopic (exact) mass is 429 g/mol. The van der Waals surface area contributed by atoms with E-state index in [0.29, 0.717) is 31.6 Å². The van der Waals surface area contributed by atoms with Crippen molar-refractivity contribution in [1.29, 1.82) is 0 Å². The van der Waals surface area contributed by atoms with E-state index in [0.717, 1.165) is 28.0 Å². The number of esters is 1. The minimum atomic E-state index is -0.727. The summed E-state index contributed by atoms with van der Waals surface area (Å²) >= 11 is 0. The van der Waals surface area contributed by atoms with Crippen molar-refractivity contribution in [1.82, 2.24) is 5.32 Å². The maximum Gasteiger partial charge on any atom is 0.338 e. The van der Waals surface area contributed by atoms with E-state index < -0.39 is 5.54 Å². The van der Waals surface area contributed by atoms with Gasteiger partial charge in [0.2, 0.25) is 5.91 Å². The number of benzene rings is 3. The topological polar surface area (TPSA) is 64.6 Å². The average Bonchev–Trinajstić information content (AvgIpc) is 2.94. The molecule has 0 fully saturated rings. The van der Waals surface area contributed by atoms with Gasteiger partial charge in [-0.2, -0.15) is 0 Å². The molecule has 1 atom stereocenters. The summed E-state index contributed by atoms with van der Waals surface area (Å²) in [6, 6.07) is 23.5. The van der Waals surface area contributed by atoms with E-state index in [1.165, 1.54) is 0 Å². The first-order valence-corrected chi connectivity index (χ1v) is 10.9. The van der Waals surface area contributed by atoms with E-state index in [2.05, 4.69) is 11.4 Å². The van der Waals surface area contributed by atoms with E-state index >= 15 is 0 Å². The number of carbonyl (C=O) groups excluding carboxylic acids is 2. The van der Waals surface area contributed by atoms with E-state index in [-0.39, 0.29) is 11.9 Å². The van der Waals surface area contributed by atoms with Crippen molar-refractivity contribution in [2.24, 2.45) is 0 Å². The summed E-state index contributed by atoms with van der Waals surface area (Å²) in [4.78, 5) is 24.4. The van der Waals surface area contributed by atoms with Crippen molar-refractivity contribution in [2.75, 3.05) is 6.61 Å². The molecule has 32 heavy (non-hydrogen) atoms. The molecule has 1 heterocycles. The third-order valence-corrected chi connectivity index (χ3v) is 5.85. The molecule has 3 aromatic rings. The molecular formula is C27H27NO4. The van der Waals surface area contributed by atoms with Crippen LogP contribution in [-0.4, -0.2) is 18.5 Å². The second-order valence-electron chi connectivity index (χ2n) is 7.95. The van der Waals surface area contributed by atoms with Gasteiger partial charge in [-0.15, -0.1) is 0 Å². The molecule has 0 bridgehead atoms. The number of carbonyl (C=O) groups is 2. The van der Waals surface area contributed by atoms with Gasteiger partial charge in [0.25, 0.3) is 0 Å². The average molecular weight is 430 g/mol. The Bertz CT molecular complexity index is 1070. The van der Waals surface area contributed by atoms with Gasteiger partial charge in [-0.25, -0.2) is 4.79 Å². The van der Waals surface area contributed by atoms with E-state index in [1.54, 1.807) is 26.0 Å². The van der Waals surface area contributed by atoms with Crippen LogP contribution in [0.2, 0.25) is 0 Å². The predicted molar refractivity (Wildman–Crippen MR) is 123 cm³/mol. The number of amides is 1. The molecule has 1 amide bonds. The Kier molecular flexibility index (Phi) is 6.26. The fraction of sp³-hybridized carbons (Fsp3) is 0.259. The van der Waals surface area contributed by atoms with Crippen LogP contribution in [0.3, 0.4) is 0 Å². The summed E-state index contributed by atoms with van der Waals surface area (Å²) in [6.45, 7) is 4.14. The van der Waals surface area contributed by atoms with Crippen LogP contribution in [-0.2, 0) is 28.1 Å². The van der Waals surface area contributed by atoms with Gasteiger partial charge < -0.3 is 14.8 Å². The molecule has 164 valence electrons. The molecule has 1 aliphatic rings. The van der Waals surface area contributed by atoms with Gasteiger partial charge >= 0.3 is 5.97 Å². The number of hydrogen-bond acceptors (Lipinski definition) is 4. The highest BCUT2D eigenvalue weighted by molar-refractivity contribution is 5.89. The van der Waals surface area contributed by atoms with Crippen LogP contribution in [0.4, 0.5) is 0 Å². The first-order valence-electron chi connectivity index (χ1n) is 10.9. The Hall–Kier alpha value is -3.60. The standard InChI is InChI=1S/C27H27NO4/c1-3-31-26(30)21-14-12-20(13-15-21)16-17-27(28-19(2)29)23-9-5-4-8-22(23)18-32-25-11-7-6-10-24(25)27/h4-15H,3,16-18H2,1-2H3,(H,28,29). The number of para-hydroxylation sites is 1. The van der Waals surface area contributed by atoms with E-state index in [9.17, 15) is 9.59 Å². The van der Waals surface area contributed by atoms with E-state index in [4.69, 9.17) is 9.47 Å². The zero-order valence-corrected chi connectivity index (χ0v) is 18.4. The summed E-state index contributed by atoms with van der Waals surface area (Å²) in [5.41, 5.74) is 3.92. The molecule has 0 aliphatic carbocycles. The fourth-order valence-electron chi connectivity index (χ4n) is 4.43. The van der Waals surface area contributed by atoms with Crippen LogP contribution in [0, 0.1) is 0 Å². The lowest BCUT2D eigenvalue weighted by Gasteiger charge is -2.36. The molecule has 0 spiro atoms. The number of aryl methyl sites for hydroxylation is 1. The minimum absolute atomic E-state index is 0.103. The van der Waals surface area contributed by atoms with Crippen LogP contribution in [0.5, 0.6) is 5.75 Å². The Balaban J connectivity index is 1.73. The summed E-state index contributed by atoms with van der Waals surface area (Å²) in [5.74, 6) is 0.349. The summed E-state index contributed by atoms with van der Waals surface area (Å²) in [5, 5.41) is 3.27. The largest absolute Gasteiger partial charge is 0.489 e. The highest BCUT2D eigenvalue weighted by Crippen LogP contribution is 2.43. The number of nitrogens with one attached hydrogen (secondary N) is 1. The molecule has 0 saturated heterocycles. The van der Waals surface area contributed by atoms with Crippen LogP contribution >= 0.6 is 0 Å². The summed E-state index contributed by atoms with van der Waals surface area (Å²) < 4.78 is 11.2. The predicted octanol–water partition coefficient (Wildman–Crippen LogP) is 4.77. The zero-order chi connectivity index (χ0) is 22.6. The molecule has 3 aromatic carbocycles. The first-order chi connectivity index (χ1) is 15.5. The van der Waals surface area contributed by atoms with E-state index in [1.807, 2.05) is 54.6 Å². The Morgan fingerprint density at radius 2 is 1.66 bits per heavy atom. The smallest absolute Gasteiger partial charge is 0.338 e. The second kappa shape index (κ2) is 9.27. The zero-order valence-electron chi connectivity index (χ0n) is 18.4. The molecule has 1 aliphatic heterocycles. The molecule has 4 rings (SSSR count). The molecule has 1 unspecified atom stereocenters. The lowest BCUT2D eigenvalue weighted by Crippen LogP contribution is -2.46. The third-order valence-electron chi connectivity index (χ3n) is 5.85. The third kappa shape index (κ3) is 4.24. The van der Waals surface area contributed by atoms with Crippen LogP contribution in [0.15, 0.2) is 72.8 Å². The van der Waals surface area contributed by atoms with Crippen molar-refractivity contribution in [3.63, 3.8) is 0 Å². The van der Waals surface area contributed by atoms with Crippen LogP contribution in [0.1, 0.15) is 52.9 Å². The van der Waals surface area contributed by atoms with Crippen LogP contribution in [0.25, 0.3) is 0 Å². The summed E-state index contributed by atoms with van der Waals surface area (Å²) in [7, 11) is 0. The van der Waals surface area contributed by atoms with Crippen molar-refractivity contribution in [3.05, 3.63) is 101 Å². The molecule has 0 aromatic heterocycles. The van der Waals surface area contributed by atoms with Crippen molar-refractivity contribution < 1.29 is 19.1 Å². The second-order valence-corrected chi connectivity index (χ2v) is 7.95. The SMILES string of the molecule is CCOC(=O)c1ccc(CCC2(NC(C)=O)c3ccccc3COc3ccccc32)cc1. The molecule has 0 saturated carbocycles. The number of hydrogen-bond donors (Lipinski definition) is 1. The van der Waals surface area contributed by atoms with Gasteiger partial charge in [0.15, 0.2) is 0 Å².